The molecule has 0 amide bonds. The van der Waals surface area contributed by atoms with E-state index >= 15 is 0 Å². The summed E-state index contributed by atoms with van der Waals surface area (Å²) in [6.07, 6.45) is 0.646. The molecule has 6 nitrogen and oxygen atoms in total. The maximum atomic E-state index is 12.9. The molecule has 0 saturated heterocycles. The number of nitrogens with zero attached hydrogens (tertiary/aromatic N) is 5. The van der Waals surface area contributed by atoms with Crippen molar-refractivity contribution in [2.75, 3.05) is 11.4 Å². The number of aromatic nitrogens is 5. The zero-order chi connectivity index (χ0) is 19.3. The first kappa shape index (κ1) is 16.8. The van der Waals surface area contributed by atoms with Crippen molar-refractivity contribution in [3.63, 3.8) is 0 Å². The van der Waals surface area contributed by atoms with Crippen molar-refractivity contribution in [1.29, 1.82) is 0 Å². The summed E-state index contributed by atoms with van der Waals surface area (Å²) >= 11 is 0. The van der Waals surface area contributed by atoms with Crippen LogP contribution >= 0.6 is 0 Å². The number of nitrogens with one attached hydrogen (secondary N) is 1. The molecular formula is C19H15F3N6. The SMILES string of the molecule is FC(F)(F)c1ccc(N2CCc3[nH]cnc3C2c2cc3ccccn3n2)nc1. The number of imidazole rings is 1. The molecule has 0 radical (unpaired) electrons. The molecule has 0 saturated carbocycles. The number of hydrogen-bond donors (Lipinski definition) is 1. The van der Waals surface area contributed by atoms with Gasteiger partial charge in [0.1, 0.15) is 11.9 Å². The Hall–Kier alpha value is -3.36. The van der Waals surface area contributed by atoms with E-state index < -0.39 is 11.7 Å². The molecule has 142 valence electrons. The van der Waals surface area contributed by atoms with Gasteiger partial charge in [0.15, 0.2) is 0 Å². The molecule has 0 spiro atoms. The Morgan fingerprint density at radius 1 is 1.11 bits per heavy atom. The van der Waals surface area contributed by atoms with Gasteiger partial charge >= 0.3 is 6.18 Å². The Balaban J connectivity index is 1.60. The van der Waals surface area contributed by atoms with Crippen molar-refractivity contribution in [1.82, 2.24) is 24.6 Å². The highest BCUT2D eigenvalue weighted by Gasteiger charge is 2.35. The quantitative estimate of drug-likeness (QED) is 0.573. The molecule has 5 heterocycles. The summed E-state index contributed by atoms with van der Waals surface area (Å²) in [6.45, 7) is 0.589. The topological polar surface area (TPSA) is 62.1 Å². The number of aromatic amines is 1. The largest absolute Gasteiger partial charge is 0.417 e. The fourth-order valence-corrected chi connectivity index (χ4v) is 3.64. The lowest BCUT2D eigenvalue weighted by atomic mass is 9.99. The van der Waals surface area contributed by atoms with Crippen molar-refractivity contribution in [2.45, 2.75) is 18.6 Å². The highest BCUT2D eigenvalue weighted by Crippen LogP contribution is 2.37. The van der Waals surface area contributed by atoms with Gasteiger partial charge in [0.2, 0.25) is 0 Å². The fourth-order valence-electron chi connectivity index (χ4n) is 3.64. The standard InChI is InChI=1S/C19H15F3N6/c20-19(21,22)12-4-5-16(23-10-12)27-8-6-14-17(25-11-24-14)18(27)15-9-13-3-1-2-7-28(13)26-15/h1-5,7,9-11,18H,6,8H2,(H,24,25). The third-order valence-electron chi connectivity index (χ3n) is 4.96. The predicted molar refractivity (Wildman–Crippen MR) is 95.9 cm³/mol. The number of rotatable bonds is 2. The van der Waals surface area contributed by atoms with E-state index in [2.05, 4.69) is 20.1 Å². The minimum Gasteiger partial charge on any atom is -0.348 e. The summed E-state index contributed by atoms with van der Waals surface area (Å²) in [4.78, 5) is 13.7. The second-order valence-electron chi connectivity index (χ2n) is 6.65. The van der Waals surface area contributed by atoms with Crippen LogP contribution in [0.2, 0.25) is 0 Å². The summed E-state index contributed by atoms with van der Waals surface area (Å²) < 4.78 is 40.5. The van der Waals surface area contributed by atoms with E-state index in [0.717, 1.165) is 34.9 Å². The van der Waals surface area contributed by atoms with E-state index in [1.165, 1.54) is 6.07 Å². The van der Waals surface area contributed by atoms with Crippen molar-refractivity contribution in [2.24, 2.45) is 0 Å². The molecule has 4 aromatic rings. The van der Waals surface area contributed by atoms with E-state index in [1.54, 1.807) is 10.8 Å². The third kappa shape index (κ3) is 2.70. The molecule has 0 aromatic carbocycles. The number of hydrogen-bond acceptors (Lipinski definition) is 4. The van der Waals surface area contributed by atoms with Crippen LogP contribution < -0.4 is 4.90 Å². The first-order valence-electron chi connectivity index (χ1n) is 8.77. The molecule has 1 aliphatic heterocycles. The summed E-state index contributed by atoms with van der Waals surface area (Å²) in [6, 6.07) is 9.86. The highest BCUT2D eigenvalue weighted by atomic mass is 19.4. The van der Waals surface area contributed by atoms with Gasteiger partial charge in [0, 0.05) is 31.1 Å². The van der Waals surface area contributed by atoms with Gasteiger partial charge in [0.05, 0.1) is 28.8 Å². The van der Waals surface area contributed by atoms with Crippen LogP contribution in [0.15, 0.2) is 55.1 Å². The van der Waals surface area contributed by atoms with E-state index in [-0.39, 0.29) is 6.04 Å². The lowest BCUT2D eigenvalue weighted by Crippen LogP contribution is -2.37. The van der Waals surface area contributed by atoms with Crippen LogP contribution in [0.3, 0.4) is 0 Å². The van der Waals surface area contributed by atoms with E-state index in [1.807, 2.05) is 35.4 Å². The summed E-state index contributed by atoms with van der Waals surface area (Å²) in [5.41, 5.74) is 2.75. The van der Waals surface area contributed by atoms with Crippen molar-refractivity contribution >= 4 is 11.3 Å². The molecular weight excluding hydrogens is 369 g/mol. The number of anilines is 1. The van der Waals surface area contributed by atoms with Gasteiger partial charge in [0.25, 0.3) is 0 Å². The molecule has 28 heavy (non-hydrogen) atoms. The first-order chi connectivity index (χ1) is 13.5. The van der Waals surface area contributed by atoms with E-state index in [9.17, 15) is 13.2 Å². The highest BCUT2D eigenvalue weighted by molar-refractivity contribution is 5.53. The molecule has 1 atom stereocenters. The zero-order valence-corrected chi connectivity index (χ0v) is 14.6. The minimum atomic E-state index is -4.41. The molecule has 0 aliphatic carbocycles. The molecule has 1 aliphatic rings. The molecule has 9 heteroatoms. The smallest absolute Gasteiger partial charge is 0.348 e. The van der Waals surface area contributed by atoms with Gasteiger partial charge in [-0.1, -0.05) is 6.07 Å². The van der Waals surface area contributed by atoms with E-state index in [0.29, 0.717) is 18.8 Å². The molecule has 1 N–H and O–H groups in total. The number of fused-ring (bicyclic) bond motifs is 2. The Morgan fingerprint density at radius 2 is 2.00 bits per heavy atom. The number of pyridine rings is 2. The van der Waals surface area contributed by atoms with Crippen LogP contribution in [0.1, 0.15) is 28.7 Å². The van der Waals surface area contributed by atoms with Gasteiger partial charge in [-0.3, -0.25) is 0 Å². The van der Waals surface area contributed by atoms with Crippen molar-refractivity contribution in [3.05, 3.63) is 77.8 Å². The monoisotopic (exact) mass is 384 g/mol. The lowest BCUT2D eigenvalue weighted by molar-refractivity contribution is -0.137. The Labute approximate surface area is 157 Å². The Morgan fingerprint density at radius 3 is 2.75 bits per heavy atom. The van der Waals surface area contributed by atoms with Crippen LogP contribution in [0.5, 0.6) is 0 Å². The second-order valence-corrected chi connectivity index (χ2v) is 6.65. The molecule has 5 rings (SSSR count). The van der Waals surface area contributed by atoms with Crippen LogP contribution in [0.25, 0.3) is 5.52 Å². The van der Waals surface area contributed by atoms with Crippen molar-refractivity contribution in [3.8, 4) is 0 Å². The van der Waals surface area contributed by atoms with E-state index in [4.69, 9.17) is 0 Å². The number of H-pyrrole nitrogens is 1. The number of halogens is 3. The average Bonchev–Trinajstić information content (AvgIpc) is 3.33. The maximum absolute atomic E-state index is 12.9. The summed E-state index contributed by atoms with van der Waals surface area (Å²) in [5, 5.41) is 4.66. The average molecular weight is 384 g/mol. The fraction of sp³-hybridized carbons (Fsp3) is 0.211. The van der Waals surface area contributed by atoms with Gasteiger partial charge in [-0.25, -0.2) is 14.5 Å². The van der Waals surface area contributed by atoms with Gasteiger partial charge in [-0.05, 0) is 30.3 Å². The predicted octanol–water partition coefficient (Wildman–Crippen LogP) is 3.62. The van der Waals surface area contributed by atoms with Gasteiger partial charge < -0.3 is 9.88 Å². The molecule has 1 unspecified atom stereocenters. The first-order valence-corrected chi connectivity index (χ1v) is 8.77. The molecule has 0 fully saturated rings. The Kier molecular flexibility index (Phi) is 3.65. The zero-order valence-electron chi connectivity index (χ0n) is 14.6. The van der Waals surface area contributed by atoms with Crippen LogP contribution in [0, 0.1) is 0 Å². The van der Waals surface area contributed by atoms with Crippen LogP contribution in [-0.4, -0.2) is 31.1 Å². The summed E-state index contributed by atoms with van der Waals surface area (Å²) in [7, 11) is 0. The Bertz CT molecular complexity index is 1100. The third-order valence-corrected chi connectivity index (χ3v) is 4.96. The van der Waals surface area contributed by atoms with Crippen LogP contribution in [-0.2, 0) is 12.6 Å². The lowest BCUT2D eigenvalue weighted by Gasteiger charge is -2.34. The second kappa shape index (κ2) is 6.08. The molecule has 0 bridgehead atoms. The summed E-state index contributed by atoms with van der Waals surface area (Å²) in [5.74, 6) is 0.462. The van der Waals surface area contributed by atoms with Gasteiger partial charge in [-0.15, -0.1) is 0 Å². The maximum Gasteiger partial charge on any atom is 0.417 e. The normalized spacial score (nSPS) is 17.1. The van der Waals surface area contributed by atoms with Gasteiger partial charge in [-0.2, -0.15) is 18.3 Å². The minimum absolute atomic E-state index is 0.334. The van der Waals surface area contributed by atoms with Crippen LogP contribution in [0.4, 0.5) is 19.0 Å². The number of alkyl halides is 3. The molecule has 4 aromatic heterocycles. The van der Waals surface area contributed by atoms with Crippen molar-refractivity contribution < 1.29 is 13.2 Å².